The number of rotatable bonds is 7. The van der Waals surface area contributed by atoms with Gasteiger partial charge >= 0.3 is 0 Å². The number of nitrogens with zero attached hydrogens (tertiary/aromatic N) is 1. The number of thioether (sulfide) groups is 1. The fourth-order valence-corrected chi connectivity index (χ4v) is 5.08. The smallest absolute Gasteiger partial charge is 0.159 e. The van der Waals surface area contributed by atoms with Gasteiger partial charge in [0.15, 0.2) is 11.6 Å². The van der Waals surface area contributed by atoms with Crippen LogP contribution < -0.4 is 14.4 Å². The highest BCUT2D eigenvalue weighted by atomic mass is 32.2. The van der Waals surface area contributed by atoms with Gasteiger partial charge in [-0.3, -0.25) is 0 Å². The molecule has 0 aliphatic carbocycles. The SMILES string of the molecule is COc1ccc2c(c1)S[C@@H](c1ccc(F)c(F)c1)CCN2Cc1ccc(OCCO)cc1. The van der Waals surface area contributed by atoms with Crippen molar-refractivity contribution in [3.8, 4) is 11.5 Å². The van der Waals surface area contributed by atoms with Gasteiger partial charge in [-0.1, -0.05) is 18.2 Å². The van der Waals surface area contributed by atoms with Gasteiger partial charge in [-0.15, -0.1) is 11.8 Å². The maximum atomic E-state index is 13.9. The van der Waals surface area contributed by atoms with E-state index in [4.69, 9.17) is 14.6 Å². The Balaban J connectivity index is 1.59. The normalized spacial score (nSPS) is 15.8. The number of fused-ring (bicyclic) bond motifs is 1. The molecule has 32 heavy (non-hydrogen) atoms. The molecule has 1 aliphatic rings. The Morgan fingerprint density at radius 1 is 1.00 bits per heavy atom. The van der Waals surface area contributed by atoms with Gasteiger partial charge in [0, 0.05) is 23.2 Å². The highest BCUT2D eigenvalue weighted by Crippen LogP contribution is 2.46. The molecule has 0 saturated carbocycles. The number of anilines is 1. The minimum atomic E-state index is -0.831. The van der Waals surface area contributed by atoms with E-state index in [9.17, 15) is 8.78 Å². The second-order valence-electron chi connectivity index (χ2n) is 7.54. The molecule has 1 atom stereocenters. The first kappa shape index (κ1) is 22.4. The van der Waals surface area contributed by atoms with E-state index in [-0.39, 0.29) is 18.5 Å². The molecule has 3 aromatic carbocycles. The van der Waals surface area contributed by atoms with E-state index in [0.29, 0.717) is 6.54 Å². The Bertz CT molecular complexity index is 1060. The van der Waals surface area contributed by atoms with Gasteiger partial charge in [-0.2, -0.15) is 0 Å². The first-order valence-corrected chi connectivity index (χ1v) is 11.3. The molecule has 7 heteroatoms. The molecule has 0 unspecified atom stereocenters. The molecule has 0 bridgehead atoms. The van der Waals surface area contributed by atoms with E-state index in [1.54, 1.807) is 24.9 Å². The molecule has 1 aliphatic heterocycles. The predicted octanol–water partition coefficient (Wildman–Crippen LogP) is 5.59. The second kappa shape index (κ2) is 10.2. The molecule has 0 spiro atoms. The summed E-state index contributed by atoms with van der Waals surface area (Å²) in [4.78, 5) is 3.34. The van der Waals surface area contributed by atoms with Crippen molar-refractivity contribution < 1.29 is 23.4 Å². The fourth-order valence-electron chi connectivity index (χ4n) is 3.77. The molecule has 168 valence electrons. The summed E-state index contributed by atoms with van der Waals surface area (Å²) in [5.41, 5.74) is 2.98. The minimum absolute atomic E-state index is 0.00443. The zero-order valence-corrected chi connectivity index (χ0v) is 18.6. The molecular formula is C25H25F2NO3S. The highest BCUT2D eigenvalue weighted by Gasteiger charge is 2.25. The van der Waals surface area contributed by atoms with Crippen LogP contribution in [0.5, 0.6) is 11.5 Å². The number of aliphatic hydroxyl groups is 1. The summed E-state index contributed by atoms with van der Waals surface area (Å²) in [6, 6.07) is 18.0. The average Bonchev–Trinajstić information content (AvgIpc) is 2.99. The molecule has 1 N–H and O–H groups in total. The molecule has 1 heterocycles. The Morgan fingerprint density at radius 3 is 2.50 bits per heavy atom. The van der Waals surface area contributed by atoms with Crippen molar-refractivity contribution in [1.82, 2.24) is 0 Å². The van der Waals surface area contributed by atoms with Crippen LogP contribution in [0, 0.1) is 11.6 Å². The highest BCUT2D eigenvalue weighted by molar-refractivity contribution is 7.99. The van der Waals surface area contributed by atoms with Gasteiger partial charge in [0.2, 0.25) is 0 Å². The largest absolute Gasteiger partial charge is 0.497 e. The van der Waals surface area contributed by atoms with Crippen molar-refractivity contribution >= 4 is 17.4 Å². The number of hydrogen-bond donors (Lipinski definition) is 1. The van der Waals surface area contributed by atoms with E-state index < -0.39 is 11.6 Å². The number of ether oxygens (including phenoxy) is 2. The third kappa shape index (κ3) is 5.16. The second-order valence-corrected chi connectivity index (χ2v) is 8.78. The van der Waals surface area contributed by atoms with Gasteiger partial charge in [-0.05, 0) is 60.0 Å². The molecule has 0 radical (unpaired) electrons. The zero-order chi connectivity index (χ0) is 22.5. The number of methoxy groups -OCH3 is 1. The van der Waals surface area contributed by atoms with Crippen LogP contribution in [-0.4, -0.2) is 32.0 Å². The molecular weight excluding hydrogens is 432 g/mol. The van der Waals surface area contributed by atoms with Crippen LogP contribution in [0.1, 0.15) is 22.8 Å². The van der Waals surface area contributed by atoms with Crippen molar-refractivity contribution in [2.24, 2.45) is 0 Å². The molecule has 4 rings (SSSR count). The van der Waals surface area contributed by atoms with Gasteiger partial charge < -0.3 is 19.5 Å². The summed E-state index contributed by atoms with van der Waals surface area (Å²) in [5.74, 6) is -0.175. The van der Waals surface area contributed by atoms with Gasteiger partial charge in [-0.25, -0.2) is 8.78 Å². The van der Waals surface area contributed by atoms with Gasteiger partial charge in [0.05, 0.1) is 19.4 Å². The summed E-state index contributed by atoms with van der Waals surface area (Å²) in [6.07, 6.45) is 0.782. The standard InChI is InChI=1S/C25H25F2NO3S/c1-30-20-7-9-23-25(15-20)32-24(18-4-8-21(26)22(27)14-18)10-11-28(23)16-17-2-5-19(6-3-17)31-13-12-29/h2-9,14-15,24,29H,10-13,16H2,1H3/t24-/m1/s1. The molecule has 0 saturated heterocycles. The molecule has 0 fully saturated rings. The summed E-state index contributed by atoms with van der Waals surface area (Å²) in [5, 5.41) is 8.90. The van der Waals surface area contributed by atoms with Crippen molar-refractivity contribution in [3.05, 3.63) is 83.4 Å². The molecule has 0 amide bonds. The van der Waals surface area contributed by atoms with Gasteiger partial charge in [0.1, 0.15) is 18.1 Å². The fraction of sp³-hybridized carbons (Fsp3) is 0.280. The summed E-state index contributed by atoms with van der Waals surface area (Å²) in [6.45, 7) is 1.71. The lowest BCUT2D eigenvalue weighted by Crippen LogP contribution is -2.24. The topological polar surface area (TPSA) is 41.9 Å². The van der Waals surface area contributed by atoms with Crippen LogP contribution in [0.2, 0.25) is 0 Å². The van der Waals surface area contributed by atoms with Crippen LogP contribution in [0.15, 0.2) is 65.6 Å². The first-order chi connectivity index (χ1) is 15.6. The molecule has 0 aromatic heterocycles. The number of hydrogen-bond acceptors (Lipinski definition) is 5. The maximum absolute atomic E-state index is 13.9. The summed E-state index contributed by atoms with van der Waals surface area (Å²) >= 11 is 1.65. The lowest BCUT2D eigenvalue weighted by Gasteiger charge is -2.25. The van der Waals surface area contributed by atoms with E-state index >= 15 is 0 Å². The van der Waals surface area contributed by atoms with Crippen LogP contribution >= 0.6 is 11.8 Å². The third-order valence-corrected chi connectivity index (χ3v) is 6.78. The van der Waals surface area contributed by atoms with Crippen LogP contribution in [0.25, 0.3) is 0 Å². The van der Waals surface area contributed by atoms with Crippen LogP contribution in [0.3, 0.4) is 0 Å². The van der Waals surface area contributed by atoms with Crippen LogP contribution in [0.4, 0.5) is 14.5 Å². The summed E-state index contributed by atoms with van der Waals surface area (Å²) < 4.78 is 38.2. The number of halogens is 2. The zero-order valence-electron chi connectivity index (χ0n) is 17.8. The molecule has 4 nitrogen and oxygen atoms in total. The predicted molar refractivity (Wildman–Crippen MR) is 123 cm³/mol. The third-order valence-electron chi connectivity index (χ3n) is 5.41. The summed E-state index contributed by atoms with van der Waals surface area (Å²) in [7, 11) is 1.63. The maximum Gasteiger partial charge on any atom is 0.159 e. The van der Waals surface area contributed by atoms with E-state index in [2.05, 4.69) is 4.90 Å². The number of benzene rings is 3. The van der Waals surface area contributed by atoms with Crippen molar-refractivity contribution in [1.29, 1.82) is 0 Å². The molecule has 3 aromatic rings. The first-order valence-electron chi connectivity index (χ1n) is 10.4. The van der Waals surface area contributed by atoms with Crippen molar-refractivity contribution in [2.75, 3.05) is 31.8 Å². The lowest BCUT2D eigenvalue weighted by molar-refractivity contribution is 0.201. The number of aliphatic hydroxyl groups excluding tert-OH is 1. The monoisotopic (exact) mass is 457 g/mol. The Morgan fingerprint density at radius 2 is 1.78 bits per heavy atom. The van der Waals surface area contributed by atoms with E-state index in [0.717, 1.165) is 46.2 Å². The lowest BCUT2D eigenvalue weighted by atomic mass is 10.1. The quantitative estimate of drug-likeness (QED) is 0.501. The van der Waals surface area contributed by atoms with Crippen LogP contribution in [-0.2, 0) is 6.54 Å². The Labute approximate surface area is 190 Å². The van der Waals surface area contributed by atoms with E-state index in [1.807, 2.05) is 42.5 Å². The van der Waals surface area contributed by atoms with Crippen molar-refractivity contribution in [2.45, 2.75) is 23.1 Å². The Hall–Kier alpha value is -2.77. The van der Waals surface area contributed by atoms with Crippen molar-refractivity contribution in [3.63, 3.8) is 0 Å². The Kier molecular flexibility index (Phi) is 7.17. The van der Waals surface area contributed by atoms with Gasteiger partial charge in [0.25, 0.3) is 0 Å². The minimum Gasteiger partial charge on any atom is -0.497 e. The average molecular weight is 458 g/mol. The van der Waals surface area contributed by atoms with E-state index in [1.165, 1.54) is 12.1 Å².